The lowest BCUT2D eigenvalue weighted by Crippen LogP contribution is -2.00. The van der Waals surface area contributed by atoms with E-state index in [1.165, 1.54) is 36.9 Å². The Morgan fingerprint density at radius 2 is 2.00 bits per heavy atom. The van der Waals surface area contributed by atoms with E-state index < -0.39 is 0 Å². The van der Waals surface area contributed by atoms with Gasteiger partial charge in [0, 0.05) is 5.69 Å². The van der Waals surface area contributed by atoms with Crippen LogP contribution in [0.1, 0.15) is 55.8 Å². The molecule has 96 valence electrons. The van der Waals surface area contributed by atoms with Crippen LogP contribution in [0.4, 0.5) is 0 Å². The van der Waals surface area contributed by atoms with Crippen LogP contribution in [0.25, 0.3) is 5.65 Å². The van der Waals surface area contributed by atoms with Gasteiger partial charge in [-0.2, -0.15) is 0 Å². The predicted molar refractivity (Wildman–Crippen MR) is 72.9 cm³/mol. The van der Waals surface area contributed by atoms with Crippen LogP contribution in [0, 0.1) is 12.8 Å². The van der Waals surface area contributed by atoms with Crippen molar-refractivity contribution in [3.05, 3.63) is 29.2 Å². The molecule has 0 saturated heterocycles. The van der Waals surface area contributed by atoms with Gasteiger partial charge in [-0.05, 0) is 55.6 Å². The van der Waals surface area contributed by atoms with Crippen LogP contribution in [0.2, 0.25) is 0 Å². The molecule has 2 aliphatic rings. The fraction of sp³-hybridized carbons (Fsp3) is 0.600. The normalized spacial score (nSPS) is 21.6. The van der Waals surface area contributed by atoms with Gasteiger partial charge in [0.2, 0.25) is 0 Å². The number of nitrogens with zero attached hydrogens (tertiary/aromatic N) is 3. The SMILES string of the molecule is CC.Cc1cc2c(n3cnnc13)CCC2C1CC1. The van der Waals surface area contributed by atoms with Crippen molar-refractivity contribution < 1.29 is 0 Å². The topological polar surface area (TPSA) is 30.2 Å². The maximum Gasteiger partial charge on any atom is 0.163 e. The third-order valence-electron chi connectivity index (χ3n) is 4.18. The molecule has 1 atom stereocenters. The fourth-order valence-electron chi connectivity index (χ4n) is 3.24. The van der Waals surface area contributed by atoms with Gasteiger partial charge >= 0.3 is 0 Å². The van der Waals surface area contributed by atoms with Gasteiger partial charge in [-0.1, -0.05) is 19.9 Å². The van der Waals surface area contributed by atoms with Crippen LogP contribution in [0.5, 0.6) is 0 Å². The Hall–Kier alpha value is -1.38. The van der Waals surface area contributed by atoms with E-state index in [4.69, 9.17) is 0 Å². The van der Waals surface area contributed by atoms with Crippen LogP contribution in [-0.4, -0.2) is 14.6 Å². The number of hydrogen-bond acceptors (Lipinski definition) is 2. The predicted octanol–water partition coefficient (Wildman–Crippen LogP) is 3.50. The maximum atomic E-state index is 4.19. The lowest BCUT2D eigenvalue weighted by Gasteiger charge is -2.11. The third-order valence-corrected chi connectivity index (χ3v) is 4.18. The summed E-state index contributed by atoms with van der Waals surface area (Å²) in [4.78, 5) is 0. The second-order valence-corrected chi connectivity index (χ2v) is 5.24. The lowest BCUT2D eigenvalue weighted by atomic mass is 9.96. The Morgan fingerprint density at radius 3 is 2.72 bits per heavy atom. The Bertz CT molecular complexity index is 566. The molecule has 0 aliphatic heterocycles. The first-order chi connectivity index (χ1) is 8.84. The van der Waals surface area contributed by atoms with Crippen LogP contribution in [0.15, 0.2) is 12.4 Å². The summed E-state index contributed by atoms with van der Waals surface area (Å²) in [7, 11) is 0. The molecule has 3 nitrogen and oxygen atoms in total. The van der Waals surface area contributed by atoms with Crippen LogP contribution < -0.4 is 0 Å². The van der Waals surface area contributed by atoms with Crippen molar-refractivity contribution >= 4 is 5.65 Å². The first-order valence-corrected chi connectivity index (χ1v) is 7.16. The molecule has 0 aromatic carbocycles. The number of fused-ring (bicyclic) bond motifs is 3. The van der Waals surface area contributed by atoms with Crippen molar-refractivity contribution in [3.8, 4) is 0 Å². The Morgan fingerprint density at radius 1 is 1.22 bits per heavy atom. The molecule has 1 fully saturated rings. The average molecular weight is 243 g/mol. The van der Waals surface area contributed by atoms with E-state index in [2.05, 4.69) is 27.6 Å². The third kappa shape index (κ3) is 1.64. The van der Waals surface area contributed by atoms with Crippen LogP contribution >= 0.6 is 0 Å². The van der Waals surface area contributed by atoms with Crippen molar-refractivity contribution in [1.29, 1.82) is 0 Å². The molecule has 2 aromatic heterocycles. The fourth-order valence-corrected chi connectivity index (χ4v) is 3.24. The average Bonchev–Trinajstić information content (AvgIpc) is 2.96. The minimum Gasteiger partial charge on any atom is -0.285 e. The van der Waals surface area contributed by atoms with Gasteiger partial charge in [-0.15, -0.1) is 10.2 Å². The first-order valence-electron chi connectivity index (χ1n) is 7.16. The summed E-state index contributed by atoms with van der Waals surface area (Å²) < 4.78 is 2.20. The Balaban J connectivity index is 0.000000478. The monoisotopic (exact) mass is 243 g/mol. The number of hydrogen-bond donors (Lipinski definition) is 0. The number of rotatable bonds is 1. The van der Waals surface area contributed by atoms with E-state index in [-0.39, 0.29) is 0 Å². The summed E-state index contributed by atoms with van der Waals surface area (Å²) >= 11 is 0. The van der Waals surface area contributed by atoms with E-state index in [1.807, 2.05) is 20.2 Å². The summed E-state index contributed by atoms with van der Waals surface area (Å²) in [6, 6.07) is 2.36. The van der Waals surface area contributed by atoms with Crippen molar-refractivity contribution in [3.63, 3.8) is 0 Å². The zero-order chi connectivity index (χ0) is 12.7. The van der Waals surface area contributed by atoms with Crippen molar-refractivity contribution in [2.24, 2.45) is 5.92 Å². The zero-order valence-corrected chi connectivity index (χ0v) is 11.5. The molecule has 0 bridgehead atoms. The van der Waals surface area contributed by atoms with Crippen molar-refractivity contribution in [2.75, 3.05) is 0 Å². The highest BCUT2D eigenvalue weighted by Crippen LogP contribution is 2.49. The van der Waals surface area contributed by atoms with E-state index in [1.54, 1.807) is 5.56 Å². The van der Waals surface area contributed by atoms with E-state index in [0.717, 1.165) is 17.5 Å². The molecule has 2 aromatic rings. The molecule has 18 heavy (non-hydrogen) atoms. The van der Waals surface area contributed by atoms with Gasteiger partial charge in [0.05, 0.1) is 0 Å². The van der Waals surface area contributed by atoms with Gasteiger partial charge in [0.15, 0.2) is 5.65 Å². The molecular formula is C15H21N3. The second-order valence-electron chi connectivity index (χ2n) is 5.24. The van der Waals surface area contributed by atoms with Gasteiger partial charge < -0.3 is 0 Å². The number of pyridine rings is 1. The van der Waals surface area contributed by atoms with Crippen LogP contribution in [-0.2, 0) is 6.42 Å². The molecule has 4 rings (SSSR count). The number of aromatic nitrogens is 3. The molecule has 0 radical (unpaired) electrons. The highest BCUT2D eigenvalue weighted by molar-refractivity contribution is 5.52. The standard InChI is InChI=1S/C13H15N3.C2H6/c1-8-6-11-10(9-2-3-9)4-5-12(11)16-7-14-15-13(8)16;1-2/h6-7,9-10H,2-5H2,1H3;1-2H3. The molecule has 1 unspecified atom stereocenters. The quantitative estimate of drug-likeness (QED) is 0.767. The van der Waals surface area contributed by atoms with E-state index in [9.17, 15) is 0 Å². The van der Waals surface area contributed by atoms with Crippen LogP contribution in [0.3, 0.4) is 0 Å². The van der Waals surface area contributed by atoms with Gasteiger partial charge in [-0.3, -0.25) is 4.40 Å². The maximum absolute atomic E-state index is 4.19. The summed E-state index contributed by atoms with van der Waals surface area (Å²) in [6.45, 7) is 6.15. The molecular weight excluding hydrogens is 222 g/mol. The Labute approximate surface area is 108 Å². The van der Waals surface area contributed by atoms with E-state index in [0.29, 0.717) is 0 Å². The van der Waals surface area contributed by atoms with Crippen molar-refractivity contribution in [2.45, 2.75) is 52.4 Å². The first kappa shape index (κ1) is 11.7. The zero-order valence-electron chi connectivity index (χ0n) is 11.5. The van der Waals surface area contributed by atoms with E-state index >= 15 is 0 Å². The molecule has 3 heteroatoms. The van der Waals surface area contributed by atoms with Gasteiger partial charge in [0.1, 0.15) is 6.33 Å². The number of aryl methyl sites for hydroxylation is 2. The molecule has 2 aliphatic carbocycles. The second kappa shape index (κ2) is 4.38. The van der Waals surface area contributed by atoms with Crippen molar-refractivity contribution in [1.82, 2.24) is 14.6 Å². The van der Waals surface area contributed by atoms with Gasteiger partial charge in [0.25, 0.3) is 0 Å². The van der Waals surface area contributed by atoms with Gasteiger partial charge in [-0.25, -0.2) is 0 Å². The lowest BCUT2D eigenvalue weighted by molar-refractivity contribution is 0.600. The summed E-state index contributed by atoms with van der Waals surface area (Å²) in [5.74, 6) is 1.79. The highest BCUT2D eigenvalue weighted by atomic mass is 15.2. The largest absolute Gasteiger partial charge is 0.285 e. The minimum atomic E-state index is 0.820. The molecule has 2 heterocycles. The summed E-state index contributed by atoms with van der Waals surface area (Å²) in [5.41, 5.74) is 5.34. The highest BCUT2D eigenvalue weighted by Gasteiger charge is 2.37. The summed E-state index contributed by atoms with van der Waals surface area (Å²) in [6.07, 6.45) is 7.27. The molecule has 0 N–H and O–H groups in total. The smallest absolute Gasteiger partial charge is 0.163 e. The molecule has 0 amide bonds. The Kier molecular flexibility index (Phi) is 2.84. The molecule has 1 saturated carbocycles. The summed E-state index contributed by atoms with van der Waals surface area (Å²) in [5, 5.41) is 8.23. The minimum absolute atomic E-state index is 0.820. The molecule has 0 spiro atoms.